The van der Waals surface area contributed by atoms with Gasteiger partial charge < -0.3 is 10.6 Å². The number of fused-ring (bicyclic) bond motifs is 1. The molecule has 2 aliphatic rings. The molecule has 0 spiro atoms. The van der Waals surface area contributed by atoms with E-state index in [1.807, 2.05) is 31.2 Å². The minimum atomic E-state index is -0.352. The molecule has 7 heteroatoms. The molecule has 28 heavy (non-hydrogen) atoms. The van der Waals surface area contributed by atoms with Gasteiger partial charge in [0.25, 0.3) is 0 Å². The number of para-hydroxylation sites is 1. The van der Waals surface area contributed by atoms with Gasteiger partial charge in [-0.3, -0.25) is 24.1 Å². The Bertz CT molecular complexity index is 753. The van der Waals surface area contributed by atoms with Crippen LogP contribution in [0, 0.1) is 11.8 Å². The number of imide groups is 1. The zero-order valence-electron chi connectivity index (χ0n) is 16.2. The molecule has 150 valence electrons. The van der Waals surface area contributed by atoms with Gasteiger partial charge in [-0.05, 0) is 30.9 Å². The van der Waals surface area contributed by atoms with Crippen molar-refractivity contribution in [3.05, 3.63) is 29.8 Å². The molecule has 1 saturated carbocycles. The Morgan fingerprint density at radius 2 is 1.68 bits per heavy atom. The predicted octanol–water partition coefficient (Wildman–Crippen LogP) is 1.87. The van der Waals surface area contributed by atoms with Crippen LogP contribution in [0.1, 0.15) is 44.6 Å². The van der Waals surface area contributed by atoms with Crippen LogP contribution >= 0.6 is 0 Å². The zero-order valence-corrected chi connectivity index (χ0v) is 16.2. The first kappa shape index (κ1) is 20.0. The summed E-state index contributed by atoms with van der Waals surface area (Å²) in [6.07, 6.45) is 4.28. The van der Waals surface area contributed by atoms with Crippen molar-refractivity contribution in [2.75, 3.05) is 18.4 Å². The SMILES string of the molecule is CCc1ccccc1NC(=O)CNC(=O)CCN1C(=O)[C@H]2CCCC[C@@H]2C1=O. The minimum absolute atomic E-state index is 0.00967. The molecule has 0 aromatic heterocycles. The molecule has 0 bridgehead atoms. The number of anilines is 1. The van der Waals surface area contributed by atoms with Crippen molar-refractivity contribution in [1.29, 1.82) is 0 Å². The van der Waals surface area contributed by atoms with E-state index in [4.69, 9.17) is 0 Å². The number of likely N-dealkylation sites (tertiary alicyclic amines) is 1. The molecule has 2 fully saturated rings. The monoisotopic (exact) mass is 385 g/mol. The molecule has 7 nitrogen and oxygen atoms in total. The first-order valence-corrected chi connectivity index (χ1v) is 10.0. The summed E-state index contributed by atoms with van der Waals surface area (Å²) in [7, 11) is 0. The summed E-state index contributed by atoms with van der Waals surface area (Å²) in [5.41, 5.74) is 1.76. The molecule has 3 rings (SSSR count). The van der Waals surface area contributed by atoms with Crippen LogP contribution < -0.4 is 10.6 Å². The van der Waals surface area contributed by atoms with Gasteiger partial charge in [-0.2, -0.15) is 0 Å². The number of amides is 4. The summed E-state index contributed by atoms with van der Waals surface area (Å²) in [4.78, 5) is 50.2. The number of benzene rings is 1. The Hall–Kier alpha value is -2.70. The Kier molecular flexibility index (Phi) is 6.44. The van der Waals surface area contributed by atoms with Gasteiger partial charge in [0.15, 0.2) is 0 Å². The van der Waals surface area contributed by atoms with E-state index in [9.17, 15) is 19.2 Å². The number of rotatable bonds is 7. The van der Waals surface area contributed by atoms with Crippen LogP contribution in [-0.4, -0.2) is 41.6 Å². The third-order valence-electron chi connectivity index (χ3n) is 5.61. The Balaban J connectivity index is 1.44. The van der Waals surface area contributed by atoms with Crippen molar-refractivity contribution in [2.45, 2.75) is 45.4 Å². The number of carbonyl (C=O) groups excluding carboxylic acids is 4. The number of nitrogens with one attached hydrogen (secondary N) is 2. The number of aryl methyl sites for hydroxylation is 1. The largest absolute Gasteiger partial charge is 0.347 e. The fourth-order valence-corrected chi connectivity index (χ4v) is 4.08. The molecule has 0 unspecified atom stereocenters. The number of carbonyl (C=O) groups is 4. The van der Waals surface area contributed by atoms with Crippen LogP contribution in [0.3, 0.4) is 0 Å². The van der Waals surface area contributed by atoms with Crippen molar-refractivity contribution in [1.82, 2.24) is 10.2 Å². The number of hydrogen-bond donors (Lipinski definition) is 2. The van der Waals surface area contributed by atoms with Gasteiger partial charge in [0.1, 0.15) is 0 Å². The highest BCUT2D eigenvalue weighted by Gasteiger charge is 2.47. The molecule has 2 N–H and O–H groups in total. The first-order chi connectivity index (χ1) is 13.5. The molecule has 0 radical (unpaired) electrons. The highest BCUT2D eigenvalue weighted by atomic mass is 16.2. The van der Waals surface area contributed by atoms with Crippen LogP contribution in [0.2, 0.25) is 0 Å². The Morgan fingerprint density at radius 1 is 1.04 bits per heavy atom. The van der Waals surface area contributed by atoms with Crippen molar-refractivity contribution < 1.29 is 19.2 Å². The molecule has 2 atom stereocenters. The zero-order chi connectivity index (χ0) is 20.1. The molecule has 1 saturated heterocycles. The van der Waals surface area contributed by atoms with E-state index in [2.05, 4.69) is 10.6 Å². The number of hydrogen-bond acceptors (Lipinski definition) is 4. The maximum absolute atomic E-state index is 12.4. The third kappa shape index (κ3) is 4.40. The standard InChI is InChI=1S/C21H27N3O4/c1-2-14-7-3-6-10-17(14)23-19(26)13-22-18(25)11-12-24-20(27)15-8-4-5-9-16(15)21(24)28/h3,6-7,10,15-16H,2,4-5,8-9,11-13H2,1H3,(H,22,25)(H,23,26)/t15-,16-/m0/s1. The van der Waals surface area contributed by atoms with Crippen molar-refractivity contribution in [3.8, 4) is 0 Å². The van der Waals surface area contributed by atoms with Crippen molar-refractivity contribution in [2.24, 2.45) is 11.8 Å². The maximum atomic E-state index is 12.4. The molecule has 1 heterocycles. The van der Waals surface area contributed by atoms with Gasteiger partial charge in [0.2, 0.25) is 23.6 Å². The van der Waals surface area contributed by atoms with Crippen LogP contribution in [0.4, 0.5) is 5.69 Å². The maximum Gasteiger partial charge on any atom is 0.243 e. The summed E-state index contributed by atoms with van der Waals surface area (Å²) in [5.74, 6) is -1.35. The van der Waals surface area contributed by atoms with E-state index in [-0.39, 0.29) is 55.0 Å². The highest BCUT2D eigenvalue weighted by molar-refractivity contribution is 6.05. The lowest BCUT2D eigenvalue weighted by atomic mass is 9.81. The average molecular weight is 385 g/mol. The molecule has 1 aromatic rings. The summed E-state index contributed by atoms with van der Waals surface area (Å²) in [6, 6.07) is 7.51. The van der Waals surface area contributed by atoms with Crippen LogP contribution in [0.25, 0.3) is 0 Å². The second-order valence-electron chi connectivity index (χ2n) is 7.41. The molecule has 1 aliphatic carbocycles. The van der Waals surface area contributed by atoms with Gasteiger partial charge in [-0.25, -0.2) is 0 Å². The van der Waals surface area contributed by atoms with Gasteiger partial charge in [-0.1, -0.05) is 38.0 Å². The van der Waals surface area contributed by atoms with E-state index in [1.54, 1.807) is 0 Å². The first-order valence-electron chi connectivity index (χ1n) is 10.0. The van der Waals surface area contributed by atoms with Gasteiger partial charge in [-0.15, -0.1) is 0 Å². The van der Waals surface area contributed by atoms with Gasteiger partial charge in [0, 0.05) is 18.7 Å². The molecular weight excluding hydrogens is 358 g/mol. The normalized spacial score (nSPS) is 21.4. The van der Waals surface area contributed by atoms with Crippen LogP contribution in [-0.2, 0) is 25.6 Å². The topological polar surface area (TPSA) is 95.6 Å². The Morgan fingerprint density at radius 3 is 2.32 bits per heavy atom. The Labute approximate surface area is 164 Å². The number of nitrogens with zero attached hydrogens (tertiary/aromatic N) is 1. The predicted molar refractivity (Wildman–Crippen MR) is 104 cm³/mol. The summed E-state index contributed by atoms with van der Waals surface area (Å²) < 4.78 is 0. The third-order valence-corrected chi connectivity index (χ3v) is 5.61. The van der Waals surface area contributed by atoms with Gasteiger partial charge in [0.05, 0.1) is 18.4 Å². The van der Waals surface area contributed by atoms with E-state index in [0.717, 1.165) is 43.4 Å². The lowest BCUT2D eigenvalue weighted by Crippen LogP contribution is -2.37. The summed E-state index contributed by atoms with van der Waals surface area (Å²) in [5, 5.41) is 5.35. The van der Waals surface area contributed by atoms with Gasteiger partial charge >= 0.3 is 0 Å². The molecule has 1 aromatic carbocycles. The van der Waals surface area contributed by atoms with Crippen LogP contribution in [0.5, 0.6) is 0 Å². The second-order valence-corrected chi connectivity index (χ2v) is 7.41. The van der Waals surface area contributed by atoms with E-state index >= 15 is 0 Å². The summed E-state index contributed by atoms with van der Waals surface area (Å²) in [6.45, 7) is 1.94. The highest BCUT2D eigenvalue weighted by Crippen LogP contribution is 2.37. The van der Waals surface area contributed by atoms with E-state index in [1.165, 1.54) is 4.90 Å². The minimum Gasteiger partial charge on any atom is -0.347 e. The smallest absolute Gasteiger partial charge is 0.243 e. The van der Waals surface area contributed by atoms with Crippen molar-refractivity contribution >= 4 is 29.3 Å². The van der Waals surface area contributed by atoms with Crippen LogP contribution in [0.15, 0.2) is 24.3 Å². The van der Waals surface area contributed by atoms with Crippen molar-refractivity contribution in [3.63, 3.8) is 0 Å². The fourth-order valence-electron chi connectivity index (χ4n) is 4.08. The molecular formula is C21H27N3O4. The summed E-state index contributed by atoms with van der Waals surface area (Å²) >= 11 is 0. The van der Waals surface area contributed by atoms with E-state index < -0.39 is 0 Å². The molecule has 4 amide bonds. The second kappa shape index (κ2) is 8.99. The lowest BCUT2D eigenvalue weighted by Gasteiger charge is -2.19. The fraction of sp³-hybridized carbons (Fsp3) is 0.524. The molecule has 1 aliphatic heterocycles. The quantitative estimate of drug-likeness (QED) is 0.701. The average Bonchev–Trinajstić information content (AvgIpc) is 2.95. The van der Waals surface area contributed by atoms with E-state index in [0.29, 0.717) is 0 Å². The lowest BCUT2D eigenvalue weighted by molar-refractivity contribution is -0.140.